The molecule has 0 bridgehead atoms. The van der Waals surface area contributed by atoms with Crippen molar-refractivity contribution in [2.45, 2.75) is 38.5 Å². The average Bonchev–Trinajstić information content (AvgIpc) is 2.34. The number of benzene rings is 1. The van der Waals surface area contributed by atoms with E-state index in [0.29, 0.717) is 11.1 Å². The summed E-state index contributed by atoms with van der Waals surface area (Å²) in [7, 11) is -4.00. The molecule has 1 aromatic carbocycles. The Balaban J connectivity index is 3.24. The third-order valence-electron chi connectivity index (χ3n) is 3.39. The minimum Gasteiger partial charge on any atom is -0.325 e. The molecule has 7 heteroatoms. The molecule has 0 heterocycles. The van der Waals surface area contributed by atoms with E-state index in [-0.39, 0.29) is 4.90 Å². The van der Waals surface area contributed by atoms with Crippen LogP contribution in [0.1, 0.15) is 22.3 Å². The number of nitrogens with one attached hydrogen (secondary N) is 1. The quantitative estimate of drug-likeness (QED) is 0.871. The zero-order valence-corrected chi connectivity index (χ0v) is 12.9. The summed E-state index contributed by atoms with van der Waals surface area (Å²) in [6, 6.07) is 1.87. The highest BCUT2D eigenvalue weighted by molar-refractivity contribution is 7.89. The Morgan fingerprint density at radius 2 is 1.60 bits per heavy atom. The molecule has 114 valence electrons. The molecule has 0 aliphatic rings. The van der Waals surface area contributed by atoms with E-state index in [0.717, 1.165) is 11.1 Å². The maximum Gasteiger partial charge on any atom is 0.273 e. The van der Waals surface area contributed by atoms with Gasteiger partial charge in [0, 0.05) is 0 Å². The average molecular weight is 306 g/mol. The second-order valence-electron chi connectivity index (χ2n) is 4.97. The van der Waals surface area contributed by atoms with Crippen LogP contribution in [0.25, 0.3) is 0 Å². The zero-order chi connectivity index (χ0) is 15.7. The molecule has 0 aliphatic heterocycles. The Morgan fingerprint density at radius 3 is 2.00 bits per heavy atom. The van der Waals surface area contributed by atoms with Gasteiger partial charge in [-0.2, -0.15) is 0 Å². The number of rotatable bonds is 5. The lowest BCUT2D eigenvalue weighted by Crippen LogP contribution is -2.41. The van der Waals surface area contributed by atoms with Crippen molar-refractivity contribution in [2.75, 3.05) is 13.1 Å². The topological polar surface area (TPSA) is 72.2 Å². The van der Waals surface area contributed by atoms with E-state index < -0.39 is 29.0 Å². The van der Waals surface area contributed by atoms with Gasteiger partial charge < -0.3 is 5.73 Å². The van der Waals surface area contributed by atoms with Gasteiger partial charge in [-0.25, -0.2) is 21.9 Å². The highest BCUT2D eigenvalue weighted by Gasteiger charge is 2.30. The Morgan fingerprint density at radius 1 is 1.15 bits per heavy atom. The lowest BCUT2D eigenvalue weighted by Gasteiger charge is -2.18. The minimum absolute atomic E-state index is 0.0721. The van der Waals surface area contributed by atoms with Gasteiger partial charge in [0.05, 0.1) is 18.0 Å². The van der Waals surface area contributed by atoms with Gasteiger partial charge in [-0.15, -0.1) is 0 Å². The minimum atomic E-state index is -4.00. The first-order valence-corrected chi connectivity index (χ1v) is 7.65. The van der Waals surface area contributed by atoms with Crippen LogP contribution in [-0.2, 0) is 10.0 Å². The summed E-state index contributed by atoms with van der Waals surface area (Å²) >= 11 is 0. The number of alkyl halides is 2. The smallest absolute Gasteiger partial charge is 0.273 e. The molecule has 0 unspecified atom stereocenters. The molecule has 0 saturated heterocycles. The Kier molecular flexibility index (Phi) is 4.89. The van der Waals surface area contributed by atoms with Crippen LogP contribution >= 0.6 is 0 Å². The number of halogens is 2. The van der Waals surface area contributed by atoms with Crippen molar-refractivity contribution in [2.24, 2.45) is 5.73 Å². The summed E-state index contributed by atoms with van der Waals surface area (Å²) in [5.74, 6) is -3.26. The lowest BCUT2D eigenvalue weighted by molar-refractivity contribution is 0.0170. The fourth-order valence-corrected chi connectivity index (χ4v) is 3.60. The summed E-state index contributed by atoms with van der Waals surface area (Å²) in [5.41, 5.74) is 7.64. The molecule has 0 spiro atoms. The van der Waals surface area contributed by atoms with Crippen LogP contribution in [0.3, 0.4) is 0 Å². The predicted molar refractivity (Wildman–Crippen MR) is 74.6 cm³/mol. The summed E-state index contributed by atoms with van der Waals surface area (Å²) in [6.45, 7) is 5.00. The van der Waals surface area contributed by atoms with E-state index in [9.17, 15) is 17.2 Å². The molecule has 0 atom stereocenters. The molecule has 1 aromatic rings. The number of hydrogen-bond acceptors (Lipinski definition) is 3. The van der Waals surface area contributed by atoms with Crippen LogP contribution in [0, 0.1) is 27.7 Å². The molecule has 0 fully saturated rings. The van der Waals surface area contributed by atoms with Crippen LogP contribution in [0.4, 0.5) is 8.78 Å². The maximum atomic E-state index is 13.1. The summed E-state index contributed by atoms with van der Waals surface area (Å²) in [5, 5.41) is 0. The van der Waals surface area contributed by atoms with E-state index in [2.05, 4.69) is 0 Å². The molecule has 20 heavy (non-hydrogen) atoms. The Bertz CT molecular complexity index is 587. The van der Waals surface area contributed by atoms with E-state index >= 15 is 0 Å². The first-order valence-electron chi connectivity index (χ1n) is 6.17. The molecule has 1 rings (SSSR count). The van der Waals surface area contributed by atoms with Crippen molar-refractivity contribution in [3.05, 3.63) is 28.3 Å². The van der Waals surface area contributed by atoms with Crippen LogP contribution in [-0.4, -0.2) is 27.4 Å². The summed E-state index contributed by atoms with van der Waals surface area (Å²) in [4.78, 5) is 0.0721. The van der Waals surface area contributed by atoms with E-state index in [1.165, 1.54) is 0 Å². The van der Waals surface area contributed by atoms with Crippen molar-refractivity contribution in [3.63, 3.8) is 0 Å². The van der Waals surface area contributed by atoms with Gasteiger partial charge in [-0.05, 0) is 49.9 Å². The van der Waals surface area contributed by atoms with Gasteiger partial charge in [-0.3, -0.25) is 0 Å². The van der Waals surface area contributed by atoms with Crippen LogP contribution in [0.2, 0.25) is 0 Å². The van der Waals surface area contributed by atoms with Gasteiger partial charge in [0.1, 0.15) is 0 Å². The number of hydrogen-bond donors (Lipinski definition) is 2. The summed E-state index contributed by atoms with van der Waals surface area (Å²) < 4.78 is 52.7. The molecule has 4 nitrogen and oxygen atoms in total. The number of sulfonamides is 1. The number of aryl methyl sites for hydroxylation is 2. The van der Waals surface area contributed by atoms with Crippen molar-refractivity contribution < 1.29 is 17.2 Å². The number of nitrogens with two attached hydrogens (primary N) is 1. The standard InChI is InChI=1S/C13H20F2N2O2S/c1-8-5-9(2)11(4)12(10(8)3)20(18,19)17-7-13(14,15)6-16/h5,17H,6-7,16H2,1-4H3. The molecule has 0 aromatic heterocycles. The highest BCUT2D eigenvalue weighted by Crippen LogP contribution is 2.26. The normalized spacial score (nSPS) is 12.8. The van der Waals surface area contributed by atoms with Crippen molar-refractivity contribution in [3.8, 4) is 0 Å². The monoisotopic (exact) mass is 306 g/mol. The molecule has 0 saturated carbocycles. The molecule has 0 aliphatic carbocycles. The van der Waals surface area contributed by atoms with Crippen molar-refractivity contribution in [1.29, 1.82) is 0 Å². The van der Waals surface area contributed by atoms with Gasteiger partial charge in [0.2, 0.25) is 10.0 Å². The predicted octanol–water partition coefficient (Wildman–Crippen LogP) is 1.79. The van der Waals surface area contributed by atoms with Crippen LogP contribution in [0.15, 0.2) is 11.0 Å². The van der Waals surface area contributed by atoms with Crippen molar-refractivity contribution in [1.82, 2.24) is 4.72 Å². The SMILES string of the molecule is Cc1cc(C)c(C)c(S(=O)(=O)NCC(F)(F)CN)c1C. The molecular formula is C13H20F2N2O2S. The second kappa shape index (κ2) is 5.75. The Labute approximate surface area is 118 Å². The molecule has 3 N–H and O–H groups in total. The first-order chi connectivity index (χ1) is 9.02. The highest BCUT2D eigenvalue weighted by atomic mass is 32.2. The zero-order valence-electron chi connectivity index (χ0n) is 12.0. The first kappa shape index (κ1) is 17.0. The Hall–Kier alpha value is -1.05. The lowest BCUT2D eigenvalue weighted by atomic mass is 10.0. The molecule has 0 amide bonds. The van der Waals surface area contributed by atoms with Gasteiger partial charge in [0.15, 0.2) is 0 Å². The van der Waals surface area contributed by atoms with E-state index in [4.69, 9.17) is 5.73 Å². The third-order valence-corrected chi connectivity index (χ3v) is 5.06. The molecular weight excluding hydrogens is 286 g/mol. The van der Waals surface area contributed by atoms with E-state index in [1.54, 1.807) is 27.7 Å². The van der Waals surface area contributed by atoms with E-state index in [1.807, 2.05) is 10.8 Å². The fourth-order valence-electron chi connectivity index (χ4n) is 1.93. The maximum absolute atomic E-state index is 13.1. The summed E-state index contributed by atoms with van der Waals surface area (Å²) in [6.07, 6.45) is 0. The van der Waals surface area contributed by atoms with Gasteiger partial charge in [0.25, 0.3) is 5.92 Å². The van der Waals surface area contributed by atoms with Gasteiger partial charge >= 0.3 is 0 Å². The van der Waals surface area contributed by atoms with Crippen LogP contribution < -0.4 is 10.5 Å². The van der Waals surface area contributed by atoms with Crippen LogP contribution in [0.5, 0.6) is 0 Å². The van der Waals surface area contributed by atoms with Crippen molar-refractivity contribution >= 4 is 10.0 Å². The van der Waals surface area contributed by atoms with Gasteiger partial charge in [-0.1, -0.05) is 6.07 Å². The fraction of sp³-hybridized carbons (Fsp3) is 0.538. The third kappa shape index (κ3) is 3.53. The molecule has 0 radical (unpaired) electrons. The largest absolute Gasteiger partial charge is 0.325 e. The second-order valence-corrected chi connectivity index (χ2v) is 6.68.